The van der Waals surface area contributed by atoms with E-state index in [1.165, 1.54) is 0 Å². The van der Waals surface area contributed by atoms with Gasteiger partial charge in [-0.25, -0.2) is 0 Å². The monoisotopic (exact) mass is 220 g/mol. The second-order valence-electron chi connectivity index (χ2n) is 3.70. The van der Waals surface area contributed by atoms with Crippen LogP contribution in [0, 0.1) is 11.8 Å². The molecule has 2 atom stereocenters. The Morgan fingerprint density at radius 3 is 1.56 bits per heavy atom. The third-order valence-corrected chi connectivity index (χ3v) is 2.07. The minimum Gasteiger partial charge on any atom is -0.311 e. The minimum atomic E-state index is 0.393. The molecule has 0 aliphatic rings. The van der Waals surface area contributed by atoms with Gasteiger partial charge in [0.25, 0.3) is 0 Å². The van der Waals surface area contributed by atoms with Gasteiger partial charge in [-0.15, -0.1) is 0 Å². The molecular weight excluding hydrogens is 196 g/mol. The van der Waals surface area contributed by atoms with Crippen LogP contribution in [-0.2, 0) is 0 Å². The maximum atomic E-state index is 3.29. The lowest BCUT2D eigenvalue weighted by Crippen LogP contribution is -2.22. The summed E-state index contributed by atoms with van der Waals surface area (Å²) in [6.45, 7) is 10.4. The van der Waals surface area contributed by atoms with Gasteiger partial charge in [-0.05, 0) is 39.1 Å². The lowest BCUT2D eigenvalue weighted by Gasteiger charge is -2.04. The summed E-state index contributed by atoms with van der Waals surface area (Å²) in [5.74, 6) is 5.97. The molecule has 2 nitrogen and oxygen atoms in total. The van der Waals surface area contributed by atoms with Gasteiger partial charge in [-0.2, -0.15) is 0 Å². The third-order valence-electron chi connectivity index (χ3n) is 2.07. The van der Waals surface area contributed by atoms with E-state index in [4.69, 9.17) is 0 Å². The van der Waals surface area contributed by atoms with Crippen molar-refractivity contribution in [2.24, 2.45) is 0 Å². The molecule has 2 heteroatoms. The molecule has 0 radical (unpaired) electrons. The molecule has 16 heavy (non-hydrogen) atoms. The fourth-order valence-corrected chi connectivity index (χ4v) is 1.26. The van der Waals surface area contributed by atoms with Crippen molar-refractivity contribution in [2.45, 2.75) is 39.8 Å². The largest absolute Gasteiger partial charge is 0.311 e. The maximum absolute atomic E-state index is 3.29. The van der Waals surface area contributed by atoms with Gasteiger partial charge in [-0.3, -0.25) is 0 Å². The summed E-state index contributed by atoms with van der Waals surface area (Å²) >= 11 is 0. The highest BCUT2D eigenvalue weighted by atomic mass is 14.9. The SMILES string of the molecule is CCNC(C)/C=C/C#C/C=C/C(C)NCC. The van der Waals surface area contributed by atoms with Crippen LogP contribution in [0.5, 0.6) is 0 Å². The number of nitrogens with one attached hydrogen (secondary N) is 2. The molecule has 0 saturated carbocycles. The highest BCUT2D eigenvalue weighted by Crippen LogP contribution is 1.84. The predicted octanol–water partition coefficient (Wildman–Crippen LogP) is 2.10. The van der Waals surface area contributed by atoms with Crippen LogP contribution in [0.2, 0.25) is 0 Å². The first-order valence-corrected chi connectivity index (χ1v) is 6.01. The first-order chi connectivity index (χ1) is 7.70. The number of hydrogen-bond donors (Lipinski definition) is 2. The zero-order valence-electron chi connectivity index (χ0n) is 10.9. The van der Waals surface area contributed by atoms with Crippen molar-refractivity contribution in [1.29, 1.82) is 0 Å². The minimum absolute atomic E-state index is 0.393. The van der Waals surface area contributed by atoms with Crippen LogP contribution in [0.15, 0.2) is 24.3 Å². The number of rotatable bonds is 6. The molecule has 0 amide bonds. The molecule has 0 aliphatic carbocycles. The van der Waals surface area contributed by atoms with E-state index in [2.05, 4.69) is 62.3 Å². The fourth-order valence-electron chi connectivity index (χ4n) is 1.26. The van der Waals surface area contributed by atoms with Crippen molar-refractivity contribution in [3.63, 3.8) is 0 Å². The van der Waals surface area contributed by atoms with Crippen molar-refractivity contribution in [3.8, 4) is 11.8 Å². The molecule has 90 valence electrons. The lowest BCUT2D eigenvalue weighted by atomic mass is 10.3. The van der Waals surface area contributed by atoms with Crippen LogP contribution in [0.3, 0.4) is 0 Å². The summed E-state index contributed by atoms with van der Waals surface area (Å²) in [6, 6.07) is 0.785. The summed E-state index contributed by atoms with van der Waals surface area (Å²) in [7, 11) is 0. The van der Waals surface area contributed by atoms with Gasteiger partial charge in [0.15, 0.2) is 0 Å². The number of likely N-dealkylation sites (N-methyl/N-ethyl adjacent to an activating group) is 2. The first-order valence-electron chi connectivity index (χ1n) is 6.01. The molecule has 0 aliphatic heterocycles. The van der Waals surface area contributed by atoms with Crippen molar-refractivity contribution in [2.75, 3.05) is 13.1 Å². The molecule has 0 aromatic rings. The summed E-state index contributed by atoms with van der Waals surface area (Å²) in [4.78, 5) is 0. The Hall–Kier alpha value is -1.04. The van der Waals surface area contributed by atoms with Gasteiger partial charge in [-0.1, -0.05) is 37.8 Å². The second-order valence-corrected chi connectivity index (χ2v) is 3.70. The Kier molecular flexibility index (Phi) is 9.80. The Labute approximate surface area is 100 Å². The predicted molar refractivity (Wildman–Crippen MR) is 72.3 cm³/mol. The van der Waals surface area contributed by atoms with Crippen LogP contribution in [0.25, 0.3) is 0 Å². The molecule has 0 bridgehead atoms. The van der Waals surface area contributed by atoms with Crippen molar-refractivity contribution in [3.05, 3.63) is 24.3 Å². The van der Waals surface area contributed by atoms with E-state index in [-0.39, 0.29) is 0 Å². The Morgan fingerprint density at radius 1 is 0.875 bits per heavy atom. The molecule has 0 heterocycles. The van der Waals surface area contributed by atoms with Crippen molar-refractivity contribution < 1.29 is 0 Å². The maximum Gasteiger partial charge on any atom is 0.0230 e. The number of allylic oxidation sites excluding steroid dienone is 2. The Bertz CT molecular complexity index is 242. The quantitative estimate of drug-likeness (QED) is 0.670. The molecule has 2 N–H and O–H groups in total. The summed E-state index contributed by atoms with van der Waals surface area (Å²) < 4.78 is 0. The van der Waals surface area contributed by atoms with Crippen LogP contribution < -0.4 is 10.6 Å². The highest BCUT2D eigenvalue weighted by molar-refractivity contribution is 5.24. The van der Waals surface area contributed by atoms with Crippen molar-refractivity contribution >= 4 is 0 Å². The fraction of sp³-hybridized carbons (Fsp3) is 0.571. The molecule has 0 fully saturated rings. The summed E-state index contributed by atoms with van der Waals surface area (Å²) in [5, 5.41) is 6.58. The summed E-state index contributed by atoms with van der Waals surface area (Å²) in [5.41, 5.74) is 0. The smallest absolute Gasteiger partial charge is 0.0230 e. The zero-order chi connectivity index (χ0) is 12.2. The van der Waals surface area contributed by atoms with E-state index in [0.717, 1.165) is 13.1 Å². The van der Waals surface area contributed by atoms with E-state index in [1.807, 2.05) is 12.2 Å². The first kappa shape index (κ1) is 15.0. The van der Waals surface area contributed by atoms with E-state index in [9.17, 15) is 0 Å². The second kappa shape index (κ2) is 10.5. The van der Waals surface area contributed by atoms with E-state index < -0.39 is 0 Å². The van der Waals surface area contributed by atoms with E-state index >= 15 is 0 Å². The van der Waals surface area contributed by atoms with Gasteiger partial charge in [0.2, 0.25) is 0 Å². The van der Waals surface area contributed by atoms with Gasteiger partial charge < -0.3 is 10.6 Å². The van der Waals surface area contributed by atoms with Crippen LogP contribution in [-0.4, -0.2) is 25.2 Å². The zero-order valence-corrected chi connectivity index (χ0v) is 10.9. The molecule has 0 aromatic carbocycles. The standard InChI is InChI=1S/C14H24N2/c1-5-15-13(3)11-9-7-8-10-12-14(4)16-6-2/h9-16H,5-6H2,1-4H3/b11-9+,12-10+. The van der Waals surface area contributed by atoms with E-state index in [0.29, 0.717) is 12.1 Å². The average molecular weight is 220 g/mol. The lowest BCUT2D eigenvalue weighted by molar-refractivity contribution is 0.661. The highest BCUT2D eigenvalue weighted by Gasteiger charge is 1.89. The molecular formula is C14H24N2. The van der Waals surface area contributed by atoms with Gasteiger partial charge in [0.1, 0.15) is 0 Å². The van der Waals surface area contributed by atoms with Gasteiger partial charge in [0, 0.05) is 12.1 Å². The summed E-state index contributed by atoms with van der Waals surface area (Å²) in [6.07, 6.45) is 7.93. The van der Waals surface area contributed by atoms with Crippen molar-refractivity contribution in [1.82, 2.24) is 10.6 Å². The van der Waals surface area contributed by atoms with Crippen LogP contribution in [0.4, 0.5) is 0 Å². The molecule has 0 saturated heterocycles. The normalized spacial score (nSPS) is 15.0. The Balaban J connectivity index is 3.84. The average Bonchev–Trinajstić information content (AvgIpc) is 2.24. The van der Waals surface area contributed by atoms with Gasteiger partial charge >= 0.3 is 0 Å². The van der Waals surface area contributed by atoms with Gasteiger partial charge in [0.05, 0.1) is 0 Å². The third kappa shape index (κ3) is 9.51. The molecule has 0 rings (SSSR count). The topological polar surface area (TPSA) is 24.1 Å². The molecule has 2 unspecified atom stereocenters. The number of hydrogen-bond acceptors (Lipinski definition) is 2. The van der Waals surface area contributed by atoms with Crippen LogP contribution in [0.1, 0.15) is 27.7 Å². The molecule has 0 spiro atoms. The molecule has 0 aromatic heterocycles. The van der Waals surface area contributed by atoms with E-state index in [1.54, 1.807) is 0 Å². The Morgan fingerprint density at radius 2 is 1.25 bits per heavy atom. The van der Waals surface area contributed by atoms with Crippen LogP contribution >= 0.6 is 0 Å².